The van der Waals surface area contributed by atoms with Crippen LogP contribution in [0.15, 0.2) is 10.7 Å². The fourth-order valence-electron chi connectivity index (χ4n) is 2.06. The van der Waals surface area contributed by atoms with E-state index in [4.69, 9.17) is 4.42 Å². The van der Waals surface area contributed by atoms with E-state index in [0.717, 1.165) is 23.7 Å². The van der Waals surface area contributed by atoms with Crippen molar-refractivity contribution in [3.05, 3.63) is 34.8 Å². The maximum Gasteiger partial charge on any atom is 0.255 e. The molecular formula is C13H18N4O2. The van der Waals surface area contributed by atoms with Crippen LogP contribution in [-0.2, 0) is 13.1 Å². The van der Waals surface area contributed by atoms with Gasteiger partial charge in [-0.1, -0.05) is 0 Å². The van der Waals surface area contributed by atoms with E-state index in [0.29, 0.717) is 17.9 Å². The molecule has 6 nitrogen and oxygen atoms in total. The predicted octanol–water partition coefficient (Wildman–Crippen LogP) is 1.75. The smallest absolute Gasteiger partial charge is 0.255 e. The minimum atomic E-state index is -0.141. The van der Waals surface area contributed by atoms with Crippen molar-refractivity contribution >= 4 is 5.91 Å². The summed E-state index contributed by atoms with van der Waals surface area (Å²) in [6.07, 6.45) is 1.65. The molecule has 1 amide bonds. The summed E-state index contributed by atoms with van der Waals surface area (Å²) in [6.45, 7) is 8.67. The Balaban J connectivity index is 2.10. The van der Waals surface area contributed by atoms with Crippen LogP contribution in [0.25, 0.3) is 0 Å². The molecule has 1 N–H and O–H groups in total. The molecule has 0 atom stereocenters. The molecule has 0 aliphatic heterocycles. The van der Waals surface area contributed by atoms with E-state index in [9.17, 15) is 4.79 Å². The van der Waals surface area contributed by atoms with Crippen LogP contribution in [0, 0.1) is 20.8 Å². The van der Waals surface area contributed by atoms with E-state index < -0.39 is 0 Å². The first-order chi connectivity index (χ1) is 9.04. The Morgan fingerprint density at radius 2 is 2.11 bits per heavy atom. The summed E-state index contributed by atoms with van der Waals surface area (Å²) in [5.41, 5.74) is 1.49. The lowest BCUT2D eigenvalue weighted by Gasteiger charge is -2.06. The fraction of sp³-hybridized carbons (Fsp3) is 0.462. The number of aromatic nitrogens is 3. The summed E-state index contributed by atoms with van der Waals surface area (Å²) < 4.78 is 7.34. The van der Waals surface area contributed by atoms with E-state index in [1.54, 1.807) is 13.3 Å². The average molecular weight is 262 g/mol. The molecule has 2 aromatic rings. The lowest BCUT2D eigenvalue weighted by atomic mass is 10.1. The number of carbonyl (C=O) groups is 1. The summed E-state index contributed by atoms with van der Waals surface area (Å²) in [6, 6.07) is 0. The van der Waals surface area contributed by atoms with Gasteiger partial charge in [-0.05, 0) is 27.7 Å². The van der Waals surface area contributed by atoms with Gasteiger partial charge in [-0.3, -0.25) is 4.79 Å². The van der Waals surface area contributed by atoms with Crippen LogP contribution in [0.1, 0.15) is 40.2 Å². The molecule has 19 heavy (non-hydrogen) atoms. The fourth-order valence-corrected chi connectivity index (χ4v) is 2.06. The van der Waals surface area contributed by atoms with E-state index in [1.165, 1.54) is 0 Å². The normalized spacial score (nSPS) is 10.7. The maximum absolute atomic E-state index is 12.2. The highest BCUT2D eigenvalue weighted by molar-refractivity contribution is 5.96. The van der Waals surface area contributed by atoms with Gasteiger partial charge < -0.3 is 14.3 Å². The quantitative estimate of drug-likeness (QED) is 0.911. The van der Waals surface area contributed by atoms with Crippen molar-refractivity contribution in [3.8, 4) is 0 Å². The van der Waals surface area contributed by atoms with Crippen LogP contribution in [0.4, 0.5) is 0 Å². The largest absolute Gasteiger partial charge is 0.466 e. The van der Waals surface area contributed by atoms with Gasteiger partial charge in [0, 0.05) is 12.1 Å². The lowest BCUT2D eigenvalue weighted by molar-refractivity contribution is 0.0947. The molecule has 0 unspecified atom stereocenters. The van der Waals surface area contributed by atoms with Gasteiger partial charge in [0.2, 0.25) is 0 Å². The number of nitrogens with one attached hydrogen (secondary N) is 1. The highest BCUT2D eigenvalue weighted by Gasteiger charge is 2.18. The van der Waals surface area contributed by atoms with E-state index >= 15 is 0 Å². The van der Waals surface area contributed by atoms with E-state index in [1.807, 2.05) is 25.3 Å². The summed E-state index contributed by atoms with van der Waals surface area (Å²) in [4.78, 5) is 12.2. The number of rotatable bonds is 4. The molecule has 0 aliphatic rings. The van der Waals surface area contributed by atoms with Crippen LogP contribution in [0.5, 0.6) is 0 Å². The Bertz CT molecular complexity index is 598. The first kappa shape index (κ1) is 13.3. The zero-order valence-electron chi connectivity index (χ0n) is 11.6. The van der Waals surface area contributed by atoms with Gasteiger partial charge in [-0.25, -0.2) is 0 Å². The summed E-state index contributed by atoms with van der Waals surface area (Å²) >= 11 is 0. The number of nitrogens with zero attached hydrogens (tertiary/aromatic N) is 3. The van der Waals surface area contributed by atoms with Crippen molar-refractivity contribution in [1.82, 2.24) is 20.1 Å². The van der Waals surface area contributed by atoms with Crippen LogP contribution in [-0.4, -0.2) is 20.7 Å². The van der Waals surface area contributed by atoms with Crippen LogP contribution in [0.3, 0.4) is 0 Å². The van der Waals surface area contributed by atoms with E-state index in [2.05, 4.69) is 15.5 Å². The molecule has 0 fully saturated rings. The summed E-state index contributed by atoms with van der Waals surface area (Å²) in [5, 5.41) is 10.7. The zero-order valence-corrected chi connectivity index (χ0v) is 11.6. The SMILES string of the molecule is CCn1cnnc1CNC(=O)c1c(C)oc(C)c1C. The number of carbonyl (C=O) groups excluding carboxylic acids is 1. The molecule has 0 aromatic carbocycles. The molecule has 0 radical (unpaired) electrons. The second-order valence-corrected chi connectivity index (χ2v) is 4.43. The maximum atomic E-state index is 12.2. The molecule has 2 heterocycles. The van der Waals surface area contributed by atoms with Gasteiger partial charge in [-0.2, -0.15) is 0 Å². The Morgan fingerprint density at radius 3 is 2.68 bits per heavy atom. The minimum Gasteiger partial charge on any atom is -0.466 e. The highest BCUT2D eigenvalue weighted by atomic mass is 16.3. The minimum absolute atomic E-state index is 0.141. The van der Waals surface area contributed by atoms with Gasteiger partial charge in [0.15, 0.2) is 5.82 Å². The Kier molecular flexibility index (Phi) is 3.69. The molecule has 2 aromatic heterocycles. The number of amides is 1. The first-order valence-corrected chi connectivity index (χ1v) is 6.26. The molecular weight excluding hydrogens is 244 g/mol. The van der Waals surface area contributed by atoms with Gasteiger partial charge in [0.25, 0.3) is 5.91 Å². The topological polar surface area (TPSA) is 73.0 Å². The summed E-state index contributed by atoms with van der Waals surface area (Å²) in [5.74, 6) is 2.02. The second-order valence-electron chi connectivity index (χ2n) is 4.43. The number of hydrogen-bond donors (Lipinski definition) is 1. The van der Waals surface area contributed by atoms with Crippen LogP contribution >= 0.6 is 0 Å². The molecule has 0 spiro atoms. The Labute approximate surface area is 111 Å². The highest BCUT2D eigenvalue weighted by Crippen LogP contribution is 2.20. The Hall–Kier alpha value is -2.11. The average Bonchev–Trinajstić information content (AvgIpc) is 2.92. The zero-order chi connectivity index (χ0) is 14.0. The van der Waals surface area contributed by atoms with E-state index in [-0.39, 0.29) is 5.91 Å². The molecule has 0 bridgehead atoms. The van der Waals surface area contributed by atoms with Gasteiger partial charge >= 0.3 is 0 Å². The van der Waals surface area contributed by atoms with Crippen molar-refractivity contribution in [2.24, 2.45) is 0 Å². The van der Waals surface area contributed by atoms with Gasteiger partial charge in [0.05, 0.1) is 12.1 Å². The summed E-state index contributed by atoms with van der Waals surface area (Å²) in [7, 11) is 0. The third kappa shape index (κ3) is 2.52. The number of furan rings is 1. The molecule has 6 heteroatoms. The van der Waals surface area contributed by atoms with Crippen molar-refractivity contribution in [1.29, 1.82) is 0 Å². The molecule has 0 aliphatic carbocycles. The van der Waals surface area contributed by atoms with Gasteiger partial charge in [0.1, 0.15) is 17.8 Å². The van der Waals surface area contributed by atoms with Crippen molar-refractivity contribution in [3.63, 3.8) is 0 Å². The number of hydrogen-bond acceptors (Lipinski definition) is 4. The second kappa shape index (κ2) is 5.26. The van der Waals surface area contributed by atoms with Crippen molar-refractivity contribution in [2.75, 3.05) is 0 Å². The lowest BCUT2D eigenvalue weighted by Crippen LogP contribution is -2.25. The number of aryl methyl sites for hydroxylation is 3. The third-order valence-electron chi connectivity index (χ3n) is 3.23. The molecule has 102 valence electrons. The molecule has 2 rings (SSSR count). The molecule has 0 saturated heterocycles. The molecule has 0 saturated carbocycles. The monoisotopic (exact) mass is 262 g/mol. The van der Waals surface area contributed by atoms with Crippen molar-refractivity contribution in [2.45, 2.75) is 40.8 Å². The van der Waals surface area contributed by atoms with Gasteiger partial charge in [-0.15, -0.1) is 10.2 Å². The third-order valence-corrected chi connectivity index (χ3v) is 3.23. The van der Waals surface area contributed by atoms with Crippen LogP contribution in [0.2, 0.25) is 0 Å². The van der Waals surface area contributed by atoms with Crippen molar-refractivity contribution < 1.29 is 9.21 Å². The first-order valence-electron chi connectivity index (χ1n) is 6.26. The van der Waals surface area contributed by atoms with Crippen LogP contribution < -0.4 is 5.32 Å². The Morgan fingerprint density at radius 1 is 1.37 bits per heavy atom. The predicted molar refractivity (Wildman–Crippen MR) is 69.8 cm³/mol. The standard InChI is InChI=1S/C13H18N4O2/c1-5-17-7-15-16-11(17)6-14-13(18)12-8(2)9(3)19-10(12)4/h7H,5-6H2,1-4H3,(H,14,18).